The molecule has 0 bridgehead atoms. The van der Waals surface area contributed by atoms with E-state index in [1.54, 1.807) is 6.07 Å². The van der Waals surface area contributed by atoms with Gasteiger partial charge in [0.05, 0.1) is 19.7 Å². The summed E-state index contributed by atoms with van der Waals surface area (Å²) in [7, 11) is 6.74. The van der Waals surface area contributed by atoms with Crippen LogP contribution in [0.25, 0.3) is 10.9 Å². The molecule has 0 saturated carbocycles. The first-order chi connectivity index (χ1) is 9.06. The van der Waals surface area contributed by atoms with Gasteiger partial charge >= 0.3 is 5.97 Å². The van der Waals surface area contributed by atoms with Crippen LogP contribution in [0.4, 0.5) is 5.69 Å². The Morgan fingerprint density at radius 1 is 1.21 bits per heavy atom. The summed E-state index contributed by atoms with van der Waals surface area (Å²) in [5.74, 6) is -0.182. The van der Waals surface area contributed by atoms with Crippen LogP contribution in [0, 0.1) is 0 Å². The van der Waals surface area contributed by atoms with Crippen molar-refractivity contribution in [3.63, 3.8) is 0 Å². The smallest absolute Gasteiger partial charge is 0.343 e. The number of anilines is 1. The number of hydrogen-bond donors (Lipinski definition) is 0. The fraction of sp³-hybridized carbons (Fsp3) is 0.286. The van der Waals surface area contributed by atoms with Gasteiger partial charge in [0.2, 0.25) is 5.88 Å². The summed E-state index contributed by atoms with van der Waals surface area (Å²) in [4.78, 5) is 18.0. The summed E-state index contributed by atoms with van der Waals surface area (Å²) in [5, 5.41) is 0.867. The second-order valence-corrected chi connectivity index (χ2v) is 4.31. The number of benzene rings is 1. The minimum absolute atomic E-state index is 0.273. The summed E-state index contributed by atoms with van der Waals surface area (Å²) >= 11 is 0. The van der Waals surface area contributed by atoms with Crippen molar-refractivity contribution in [2.24, 2.45) is 0 Å². The lowest BCUT2D eigenvalue weighted by molar-refractivity contribution is 0.0596. The van der Waals surface area contributed by atoms with E-state index in [1.165, 1.54) is 14.2 Å². The van der Waals surface area contributed by atoms with Gasteiger partial charge in [-0.3, -0.25) is 0 Å². The number of carbonyl (C=O) groups excluding carboxylic acids is 1. The summed E-state index contributed by atoms with van der Waals surface area (Å²) in [5.41, 5.74) is 2.14. The van der Waals surface area contributed by atoms with Gasteiger partial charge in [-0.25, -0.2) is 9.78 Å². The van der Waals surface area contributed by atoms with E-state index in [0.29, 0.717) is 5.56 Å². The number of ether oxygens (including phenoxy) is 2. The Hall–Kier alpha value is -2.30. The summed E-state index contributed by atoms with van der Waals surface area (Å²) in [6.45, 7) is 0. The van der Waals surface area contributed by atoms with Gasteiger partial charge in [-0.1, -0.05) is 6.07 Å². The Bertz CT molecular complexity index is 623. The van der Waals surface area contributed by atoms with Crippen LogP contribution in [0.1, 0.15) is 10.4 Å². The standard InChI is InChI=1S/C14H16N2O3/c1-16(2)10-6-5-9-7-11(14(17)19-4)13(18-3)15-12(9)8-10/h5-8H,1-4H3. The second kappa shape index (κ2) is 5.14. The molecule has 5 heteroatoms. The molecule has 0 fully saturated rings. The van der Waals surface area contributed by atoms with Gasteiger partial charge in [0.1, 0.15) is 5.56 Å². The number of hydrogen-bond acceptors (Lipinski definition) is 5. The van der Waals surface area contributed by atoms with Crippen molar-refractivity contribution >= 4 is 22.6 Å². The maximum Gasteiger partial charge on any atom is 0.343 e. The Kier molecular flexibility index (Phi) is 3.55. The summed E-state index contributed by atoms with van der Waals surface area (Å²) < 4.78 is 9.87. The molecule has 5 nitrogen and oxygen atoms in total. The molecule has 0 aliphatic rings. The highest BCUT2D eigenvalue weighted by Gasteiger charge is 2.15. The minimum atomic E-state index is -0.456. The fourth-order valence-electron chi connectivity index (χ4n) is 1.83. The molecule has 0 spiro atoms. The number of carbonyl (C=O) groups is 1. The van der Waals surface area contributed by atoms with E-state index in [2.05, 4.69) is 4.98 Å². The maximum absolute atomic E-state index is 11.7. The van der Waals surface area contributed by atoms with E-state index in [0.717, 1.165) is 16.6 Å². The van der Waals surface area contributed by atoms with Crippen molar-refractivity contribution in [2.75, 3.05) is 33.2 Å². The number of esters is 1. The average Bonchev–Trinajstić information content (AvgIpc) is 2.44. The van der Waals surface area contributed by atoms with Crippen LogP contribution < -0.4 is 9.64 Å². The highest BCUT2D eigenvalue weighted by atomic mass is 16.5. The number of nitrogens with zero attached hydrogens (tertiary/aromatic N) is 2. The Balaban J connectivity index is 2.63. The first-order valence-electron chi connectivity index (χ1n) is 5.81. The first-order valence-corrected chi connectivity index (χ1v) is 5.81. The third-order valence-corrected chi connectivity index (χ3v) is 2.88. The van der Waals surface area contributed by atoms with E-state index in [1.807, 2.05) is 37.2 Å². The van der Waals surface area contributed by atoms with Crippen LogP contribution in [-0.2, 0) is 4.74 Å². The Labute approximate surface area is 111 Å². The van der Waals surface area contributed by atoms with Crippen LogP contribution in [0.3, 0.4) is 0 Å². The normalized spacial score (nSPS) is 10.3. The van der Waals surface area contributed by atoms with Gasteiger partial charge in [-0.2, -0.15) is 0 Å². The molecule has 1 heterocycles. The first kappa shape index (κ1) is 13.1. The van der Waals surface area contributed by atoms with E-state index >= 15 is 0 Å². The fourth-order valence-corrected chi connectivity index (χ4v) is 1.83. The zero-order valence-corrected chi connectivity index (χ0v) is 11.4. The lowest BCUT2D eigenvalue weighted by Crippen LogP contribution is -2.09. The van der Waals surface area contributed by atoms with E-state index in [4.69, 9.17) is 9.47 Å². The molecular formula is C14H16N2O3. The van der Waals surface area contributed by atoms with Gasteiger partial charge in [0.15, 0.2) is 0 Å². The van der Waals surface area contributed by atoms with Gasteiger partial charge in [-0.15, -0.1) is 0 Å². The molecule has 1 aromatic carbocycles. The third kappa shape index (κ3) is 2.45. The molecule has 0 radical (unpaired) electrons. The average molecular weight is 260 g/mol. The van der Waals surface area contributed by atoms with Gasteiger partial charge in [0, 0.05) is 25.2 Å². The highest BCUT2D eigenvalue weighted by molar-refractivity contribution is 5.97. The van der Waals surface area contributed by atoms with Crippen molar-refractivity contribution in [1.82, 2.24) is 4.98 Å². The molecule has 0 aliphatic carbocycles. The molecule has 0 atom stereocenters. The molecule has 0 saturated heterocycles. The van der Waals surface area contributed by atoms with Crippen LogP contribution in [-0.4, -0.2) is 39.3 Å². The molecule has 0 N–H and O–H groups in total. The molecule has 2 aromatic rings. The largest absolute Gasteiger partial charge is 0.480 e. The van der Waals surface area contributed by atoms with Crippen molar-refractivity contribution < 1.29 is 14.3 Å². The van der Waals surface area contributed by atoms with Crippen LogP contribution in [0.15, 0.2) is 24.3 Å². The van der Waals surface area contributed by atoms with E-state index in [9.17, 15) is 4.79 Å². The van der Waals surface area contributed by atoms with E-state index in [-0.39, 0.29) is 5.88 Å². The Morgan fingerprint density at radius 2 is 1.95 bits per heavy atom. The van der Waals surface area contributed by atoms with E-state index < -0.39 is 5.97 Å². The lowest BCUT2D eigenvalue weighted by atomic mass is 10.1. The molecule has 2 rings (SSSR count). The molecule has 0 amide bonds. The lowest BCUT2D eigenvalue weighted by Gasteiger charge is -2.13. The highest BCUT2D eigenvalue weighted by Crippen LogP contribution is 2.25. The predicted molar refractivity (Wildman–Crippen MR) is 74.0 cm³/mol. The maximum atomic E-state index is 11.7. The zero-order valence-electron chi connectivity index (χ0n) is 11.4. The van der Waals surface area contributed by atoms with Crippen LogP contribution in [0.2, 0.25) is 0 Å². The molecule has 1 aromatic heterocycles. The quantitative estimate of drug-likeness (QED) is 0.791. The van der Waals surface area contributed by atoms with Crippen molar-refractivity contribution in [2.45, 2.75) is 0 Å². The van der Waals surface area contributed by atoms with Crippen molar-refractivity contribution in [3.05, 3.63) is 29.8 Å². The summed E-state index contributed by atoms with van der Waals surface area (Å²) in [6.07, 6.45) is 0. The monoisotopic (exact) mass is 260 g/mol. The number of methoxy groups -OCH3 is 2. The number of aromatic nitrogens is 1. The van der Waals surface area contributed by atoms with Gasteiger partial charge in [-0.05, 0) is 18.2 Å². The molecule has 0 aliphatic heterocycles. The SMILES string of the molecule is COC(=O)c1cc2ccc(N(C)C)cc2nc1OC. The van der Waals surface area contributed by atoms with Crippen LogP contribution >= 0.6 is 0 Å². The second-order valence-electron chi connectivity index (χ2n) is 4.31. The van der Waals surface area contributed by atoms with Crippen molar-refractivity contribution in [3.8, 4) is 5.88 Å². The Morgan fingerprint density at radius 3 is 2.53 bits per heavy atom. The van der Waals surface area contributed by atoms with Gasteiger partial charge < -0.3 is 14.4 Å². The number of pyridine rings is 1. The molecule has 100 valence electrons. The topological polar surface area (TPSA) is 51.7 Å². The predicted octanol–water partition coefficient (Wildman–Crippen LogP) is 2.10. The number of fused-ring (bicyclic) bond motifs is 1. The zero-order chi connectivity index (χ0) is 14.0. The van der Waals surface area contributed by atoms with Crippen molar-refractivity contribution in [1.29, 1.82) is 0 Å². The minimum Gasteiger partial charge on any atom is -0.480 e. The molecular weight excluding hydrogens is 244 g/mol. The van der Waals surface area contributed by atoms with Crippen LogP contribution in [0.5, 0.6) is 5.88 Å². The van der Waals surface area contributed by atoms with Gasteiger partial charge in [0.25, 0.3) is 0 Å². The third-order valence-electron chi connectivity index (χ3n) is 2.88. The number of rotatable bonds is 3. The summed E-state index contributed by atoms with van der Waals surface area (Å²) in [6, 6.07) is 7.56. The molecule has 0 unspecified atom stereocenters. The molecule has 19 heavy (non-hydrogen) atoms.